The van der Waals surface area contributed by atoms with Gasteiger partial charge in [-0.15, -0.1) is 0 Å². The van der Waals surface area contributed by atoms with E-state index in [0.717, 1.165) is 12.1 Å². The van der Waals surface area contributed by atoms with Crippen molar-refractivity contribution in [3.05, 3.63) is 59.7 Å². The van der Waals surface area contributed by atoms with Crippen molar-refractivity contribution >= 4 is 21.4 Å². The predicted molar refractivity (Wildman–Crippen MR) is 103 cm³/mol. The van der Waals surface area contributed by atoms with Crippen molar-refractivity contribution in [3.8, 4) is 0 Å². The van der Waals surface area contributed by atoms with Crippen molar-refractivity contribution in [2.45, 2.75) is 30.5 Å². The fourth-order valence-corrected chi connectivity index (χ4v) is 4.43. The van der Waals surface area contributed by atoms with Crippen LogP contribution in [0, 0.1) is 0 Å². The minimum atomic E-state index is -4.41. The smallest absolute Gasteiger partial charge is 0.399 e. The lowest BCUT2D eigenvalue weighted by Crippen LogP contribution is -2.38. The number of alkyl halides is 3. The summed E-state index contributed by atoms with van der Waals surface area (Å²) in [5.41, 5.74) is 6.30. The lowest BCUT2D eigenvalue weighted by atomic mass is 10.1. The molecule has 0 spiro atoms. The summed E-state index contributed by atoms with van der Waals surface area (Å²) < 4.78 is 64.9. The van der Waals surface area contributed by atoms with E-state index in [-0.39, 0.29) is 24.6 Å². The summed E-state index contributed by atoms with van der Waals surface area (Å²) in [6.07, 6.45) is -3.65. The van der Waals surface area contributed by atoms with Crippen molar-refractivity contribution in [2.75, 3.05) is 18.8 Å². The number of piperidine rings is 1. The highest BCUT2D eigenvalue weighted by Crippen LogP contribution is 2.29. The fourth-order valence-electron chi connectivity index (χ4n) is 2.94. The first-order chi connectivity index (χ1) is 13.7. The molecule has 0 aromatic heterocycles. The van der Waals surface area contributed by atoms with Gasteiger partial charge in [0.2, 0.25) is 10.0 Å². The van der Waals surface area contributed by atoms with Gasteiger partial charge in [-0.2, -0.15) is 17.5 Å². The number of hydrogen-bond acceptors (Lipinski definition) is 5. The van der Waals surface area contributed by atoms with Crippen molar-refractivity contribution in [1.82, 2.24) is 4.31 Å². The molecule has 0 saturated carbocycles. The molecule has 3 rings (SSSR count). The number of nitrogens with two attached hydrogens (primary N) is 1. The Morgan fingerprint density at radius 2 is 1.76 bits per heavy atom. The maximum absolute atomic E-state index is 12.7. The second kappa shape index (κ2) is 8.42. The molecule has 1 heterocycles. The zero-order chi connectivity index (χ0) is 21.1. The van der Waals surface area contributed by atoms with E-state index in [9.17, 15) is 21.6 Å². The van der Waals surface area contributed by atoms with E-state index in [4.69, 9.17) is 10.6 Å². The Kier molecular flexibility index (Phi) is 6.13. The minimum absolute atomic E-state index is 0.0985. The predicted octanol–water partition coefficient (Wildman–Crippen LogP) is 3.64. The van der Waals surface area contributed by atoms with Crippen LogP contribution in [0.4, 0.5) is 18.9 Å². The Labute approximate surface area is 166 Å². The molecule has 2 N–H and O–H groups in total. The molecule has 0 atom stereocenters. The van der Waals surface area contributed by atoms with E-state index < -0.39 is 21.8 Å². The van der Waals surface area contributed by atoms with E-state index in [1.165, 1.54) is 28.6 Å². The molecular weight excluding hydrogens is 407 g/mol. The van der Waals surface area contributed by atoms with Crippen molar-refractivity contribution in [1.29, 1.82) is 0 Å². The Bertz CT molecular complexity index is 997. The Morgan fingerprint density at radius 3 is 2.41 bits per heavy atom. The van der Waals surface area contributed by atoms with Gasteiger partial charge in [0.25, 0.3) is 0 Å². The molecule has 0 amide bonds. The number of oxime groups is 1. The van der Waals surface area contributed by atoms with Crippen LogP contribution < -0.4 is 5.73 Å². The summed E-state index contributed by atoms with van der Waals surface area (Å²) in [4.78, 5) is 5.32. The molecule has 6 nitrogen and oxygen atoms in total. The average molecular weight is 427 g/mol. The van der Waals surface area contributed by atoms with Crippen LogP contribution in [0.5, 0.6) is 0 Å². The van der Waals surface area contributed by atoms with Gasteiger partial charge in [0, 0.05) is 31.6 Å². The molecule has 29 heavy (non-hydrogen) atoms. The molecule has 0 bridgehead atoms. The third kappa shape index (κ3) is 5.27. The first-order valence-electron chi connectivity index (χ1n) is 8.86. The summed E-state index contributed by atoms with van der Waals surface area (Å²) in [6.45, 7) is 0.379. The number of rotatable bonds is 5. The van der Waals surface area contributed by atoms with E-state index in [0.29, 0.717) is 29.8 Å². The van der Waals surface area contributed by atoms with Gasteiger partial charge in [-0.25, -0.2) is 8.42 Å². The molecule has 10 heteroatoms. The second-order valence-corrected chi connectivity index (χ2v) is 8.54. The van der Waals surface area contributed by atoms with Gasteiger partial charge >= 0.3 is 6.18 Å². The quantitative estimate of drug-likeness (QED) is 0.583. The van der Waals surface area contributed by atoms with E-state index in [1.807, 2.05) is 0 Å². The van der Waals surface area contributed by atoms with Crippen molar-refractivity contribution in [2.24, 2.45) is 5.16 Å². The normalized spacial score (nSPS) is 15.9. The molecule has 1 aliphatic rings. The molecule has 156 valence electrons. The Morgan fingerprint density at radius 1 is 1.07 bits per heavy atom. The topological polar surface area (TPSA) is 85.0 Å². The number of halogens is 3. The van der Waals surface area contributed by atoms with E-state index >= 15 is 0 Å². The first-order valence-corrected chi connectivity index (χ1v) is 10.3. The van der Waals surface area contributed by atoms with E-state index in [1.54, 1.807) is 12.1 Å². The zero-order valence-electron chi connectivity index (χ0n) is 15.4. The van der Waals surface area contributed by atoms with Gasteiger partial charge in [-0.05, 0) is 35.9 Å². The third-order valence-corrected chi connectivity index (χ3v) is 6.37. The number of nitrogen functional groups attached to an aromatic ring is 1. The largest absolute Gasteiger partial charge is 0.416 e. The van der Waals surface area contributed by atoms with Gasteiger partial charge in [-0.1, -0.05) is 23.4 Å². The highest BCUT2D eigenvalue weighted by molar-refractivity contribution is 7.89. The number of nitrogens with zero attached hydrogens (tertiary/aromatic N) is 2. The van der Waals surface area contributed by atoms with Crippen molar-refractivity contribution in [3.63, 3.8) is 0 Å². The Hall–Kier alpha value is -2.59. The minimum Gasteiger partial charge on any atom is -0.399 e. The Balaban J connectivity index is 1.56. The average Bonchev–Trinajstić information content (AvgIpc) is 2.68. The van der Waals surface area contributed by atoms with Crippen LogP contribution in [0.15, 0.2) is 58.6 Å². The van der Waals surface area contributed by atoms with Gasteiger partial charge in [0.05, 0.1) is 16.2 Å². The summed E-state index contributed by atoms with van der Waals surface area (Å²) in [5.74, 6) is 0. The number of sulfonamides is 1. The summed E-state index contributed by atoms with van der Waals surface area (Å²) in [5, 5.41) is 3.97. The van der Waals surface area contributed by atoms with E-state index in [2.05, 4.69) is 5.16 Å². The van der Waals surface area contributed by atoms with Crippen LogP contribution >= 0.6 is 0 Å². The molecule has 1 fully saturated rings. The highest BCUT2D eigenvalue weighted by atomic mass is 32.2. The maximum Gasteiger partial charge on any atom is 0.416 e. The summed E-state index contributed by atoms with van der Waals surface area (Å²) in [7, 11) is -3.64. The van der Waals surface area contributed by atoms with Gasteiger partial charge in [0.1, 0.15) is 6.61 Å². The number of benzene rings is 2. The fraction of sp³-hybridized carbons (Fsp3) is 0.316. The van der Waals surface area contributed by atoms with Crippen LogP contribution in [-0.4, -0.2) is 31.5 Å². The van der Waals surface area contributed by atoms with Crippen LogP contribution in [0.1, 0.15) is 24.0 Å². The molecule has 0 unspecified atom stereocenters. The molecule has 1 saturated heterocycles. The first kappa shape index (κ1) is 21.1. The molecular formula is C19H20F3N3O3S. The van der Waals surface area contributed by atoms with Crippen LogP contribution in [0.2, 0.25) is 0 Å². The molecule has 2 aromatic rings. The summed E-state index contributed by atoms with van der Waals surface area (Å²) >= 11 is 0. The molecule has 1 aliphatic heterocycles. The standard InChI is InChI=1S/C19H20F3N3O3S/c20-19(21,22)15-4-1-3-14(11-15)13-28-24-17-7-9-25(10-8-17)29(26,27)18-6-2-5-16(23)12-18/h1-6,11-12H,7-10,13,23H2. The van der Waals surface area contributed by atoms with Crippen LogP contribution in [0.25, 0.3) is 0 Å². The zero-order valence-corrected chi connectivity index (χ0v) is 16.2. The SMILES string of the molecule is Nc1cccc(S(=O)(=O)N2CCC(=NOCc3cccc(C(F)(F)F)c3)CC2)c1. The van der Waals surface area contributed by atoms with Gasteiger partial charge < -0.3 is 10.6 Å². The molecule has 2 aromatic carbocycles. The van der Waals surface area contributed by atoms with Crippen molar-refractivity contribution < 1.29 is 26.4 Å². The lowest BCUT2D eigenvalue weighted by molar-refractivity contribution is -0.137. The lowest BCUT2D eigenvalue weighted by Gasteiger charge is -2.26. The molecule has 0 aliphatic carbocycles. The highest BCUT2D eigenvalue weighted by Gasteiger charge is 2.30. The van der Waals surface area contributed by atoms with Gasteiger partial charge in [-0.3, -0.25) is 0 Å². The number of hydrogen-bond donors (Lipinski definition) is 1. The second-order valence-electron chi connectivity index (χ2n) is 6.61. The number of anilines is 1. The molecule has 0 radical (unpaired) electrons. The summed E-state index contributed by atoms with van der Waals surface area (Å²) in [6, 6.07) is 10.9. The monoisotopic (exact) mass is 427 g/mol. The van der Waals surface area contributed by atoms with Crippen LogP contribution in [0.3, 0.4) is 0 Å². The third-order valence-electron chi connectivity index (χ3n) is 4.47. The van der Waals surface area contributed by atoms with Gasteiger partial charge in [0.15, 0.2) is 0 Å². The van der Waals surface area contributed by atoms with Crippen LogP contribution in [-0.2, 0) is 27.6 Å². The maximum atomic E-state index is 12.7.